The molecular formula is C24H25IN2O3. The van der Waals surface area contributed by atoms with Crippen LogP contribution in [0.4, 0.5) is 5.69 Å². The van der Waals surface area contributed by atoms with E-state index in [2.05, 4.69) is 5.32 Å². The minimum Gasteiger partial charge on any atom is -1.00 e. The summed E-state index contributed by atoms with van der Waals surface area (Å²) >= 11 is 0. The fraction of sp³-hybridized carbons (Fsp3) is 0.167. The first-order valence-electron chi connectivity index (χ1n) is 9.53. The Bertz CT molecular complexity index is 991. The number of amides is 1. The van der Waals surface area contributed by atoms with Crippen molar-refractivity contribution in [1.29, 1.82) is 0 Å². The average molecular weight is 516 g/mol. The minimum atomic E-state index is -0.223. The van der Waals surface area contributed by atoms with Gasteiger partial charge in [-0.1, -0.05) is 24.3 Å². The van der Waals surface area contributed by atoms with Crippen LogP contribution in [0.5, 0.6) is 11.5 Å². The third-order valence-corrected chi connectivity index (χ3v) is 4.23. The van der Waals surface area contributed by atoms with E-state index in [0.717, 1.165) is 16.9 Å². The lowest BCUT2D eigenvalue weighted by Gasteiger charge is -2.12. The molecule has 0 radical (unpaired) electrons. The number of ether oxygens (including phenoxy) is 2. The van der Waals surface area contributed by atoms with Gasteiger partial charge in [0.25, 0.3) is 5.91 Å². The van der Waals surface area contributed by atoms with Crippen molar-refractivity contribution in [2.45, 2.75) is 6.92 Å². The molecule has 3 rings (SSSR count). The number of pyridine rings is 1. The van der Waals surface area contributed by atoms with Crippen LogP contribution in [0.25, 0.3) is 12.2 Å². The van der Waals surface area contributed by atoms with Crippen molar-refractivity contribution in [2.75, 3.05) is 18.5 Å². The lowest BCUT2D eigenvalue weighted by Crippen LogP contribution is -3.00. The summed E-state index contributed by atoms with van der Waals surface area (Å²) in [4.78, 5) is 12.1. The van der Waals surface area contributed by atoms with Gasteiger partial charge in [0.05, 0.1) is 6.61 Å². The molecule has 5 nitrogen and oxygen atoms in total. The molecule has 156 valence electrons. The molecule has 0 spiro atoms. The van der Waals surface area contributed by atoms with Crippen LogP contribution >= 0.6 is 0 Å². The average Bonchev–Trinajstić information content (AvgIpc) is 2.73. The van der Waals surface area contributed by atoms with E-state index < -0.39 is 0 Å². The maximum atomic E-state index is 12.1. The second-order valence-electron chi connectivity index (χ2n) is 6.41. The highest BCUT2D eigenvalue weighted by Gasteiger charge is 2.09. The van der Waals surface area contributed by atoms with Crippen LogP contribution in [0, 0.1) is 0 Å². The molecule has 1 aromatic heterocycles. The molecular weight excluding hydrogens is 491 g/mol. The van der Waals surface area contributed by atoms with Crippen LogP contribution in [0.15, 0.2) is 72.9 Å². The van der Waals surface area contributed by atoms with E-state index in [4.69, 9.17) is 9.47 Å². The first-order valence-corrected chi connectivity index (χ1v) is 9.53. The van der Waals surface area contributed by atoms with Crippen LogP contribution in [0.2, 0.25) is 0 Å². The summed E-state index contributed by atoms with van der Waals surface area (Å²) in [5.41, 5.74) is 2.81. The predicted octanol–water partition coefficient (Wildman–Crippen LogP) is 1.10. The van der Waals surface area contributed by atoms with Crippen molar-refractivity contribution in [3.05, 3.63) is 84.2 Å². The molecule has 0 saturated carbocycles. The Hall–Kier alpha value is -2.87. The maximum absolute atomic E-state index is 12.1. The number of nitrogens with zero attached hydrogens (tertiary/aromatic N) is 1. The number of benzene rings is 2. The van der Waals surface area contributed by atoms with Crippen LogP contribution in [0.1, 0.15) is 18.2 Å². The number of hydrogen-bond acceptors (Lipinski definition) is 3. The van der Waals surface area contributed by atoms with Crippen LogP contribution in [-0.2, 0) is 11.8 Å². The molecule has 1 N–H and O–H groups in total. The molecule has 0 fully saturated rings. The van der Waals surface area contributed by atoms with E-state index in [9.17, 15) is 4.79 Å². The number of rotatable bonds is 8. The van der Waals surface area contributed by atoms with Crippen LogP contribution < -0.4 is 43.3 Å². The molecule has 2 aromatic carbocycles. The Labute approximate surface area is 194 Å². The lowest BCUT2D eigenvalue weighted by molar-refractivity contribution is -0.673. The van der Waals surface area contributed by atoms with Gasteiger partial charge in [0.2, 0.25) is 5.69 Å². The summed E-state index contributed by atoms with van der Waals surface area (Å²) in [6.45, 7) is 2.33. The zero-order chi connectivity index (χ0) is 20.5. The number of aryl methyl sites for hydroxylation is 1. The summed E-state index contributed by atoms with van der Waals surface area (Å²) in [5, 5.41) is 2.80. The van der Waals surface area contributed by atoms with Crippen molar-refractivity contribution in [3.63, 3.8) is 0 Å². The quantitative estimate of drug-likeness (QED) is 0.361. The van der Waals surface area contributed by atoms with E-state index in [1.807, 2.05) is 104 Å². The van der Waals surface area contributed by atoms with Crippen molar-refractivity contribution in [2.24, 2.45) is 7.05 Å². The molecule has 0 aliphatic rings. The van der Waals surface area contributed by atoms with Gasteiger partial charge in [-0.25, -0.2) is 4.57 Å². The van der Waals surface area contributed by atoms with E-state index >= 15 is 0 Å². The number of hydrogen-bond donors (Lipinski definition) is 1. The van der Waals surface area contributed by atoms with Gasteiger partial charge in [0, 0.05) is 23.9 Å². The van der Waals surface area contributed by atoms with Gasteiger partial charge in [0.15, 0.2) is 24.3 Å². The van der Waals surface area contributed by atoms with Crippen LogP contribution in [-0.4, -0.2) is 19.1 Å². The first kappa shape index (κ1) is 23.4. The van der Waals surface area contributed by atoms with Gasteiger partial charge < -0.3 is 38.8 Å². The molecule has 30 heavy (non-hydrogen) atoms. The highest BCUT2D eigenvalue weighted by atomic mass is 127. The third-order valence-electron chi connectivity index (χ3n) is 4.23. The summed E-state index contributed by atoms with van der Waals surface area (Å²) in [6, 6.07) is 21.0. The molecule has 0 aliphatic heterocycles. The van der Waals surface area contributed by atoms with Crippen molar-refractivity contribution in [3.8, 4) is 11.5 Å². The highest BCUT2D eigenvalue weighted by molar-refractivity contribution is 5.91. The van der Waals surface area contributed by atoms with Gasteiger partial charge in [0.1, 0.15) is 7.05 Å². The Kier molecular flexibility index (Phi) is 9.34. The number of carbonyl (C=O) groups excluding carboxylic acids is 1. The molecule has 0 aliphatic carbocycles. The molecule has 6 heteroatoms. The molecule has 3 aromatic rings. The molecule has 0 unspecified atom stereocenters. The number of nitrogens with one attached hydrogen (secondary N) is 1. The summed E-state index contributed by atoms with van der Waals surface area (Å²) in [7, 11) is 2.00. The van der Waals surface area contributed by atoms with E-state index in [-0.39, 0.29) is 36.5 Å². The largest absolute Gasteiger partial charge is 1.00 e. The van der Waals surface area contributed by atoms with Crippen molar-refractivity contribution >= 4 is 23.7 Å². The summed E-state index contributed by atoms with van der Waals surface area (Å²) in [6.07, 6.45) is 6.06. The topological polar surface area (TPSA) is 51.4 Å². The van der Waals surface area contributed by atoms with Gasteiger partial charge in [-0.2, -0.15) is 0 Å². The lowest BCUT2D eigenvalue weighted by atomic mass is 10.1. The number of aromatic nitrogens is 1. The zero-order valence-corrected chi connectivity index (χ0v) is 19.2. The molecule has 0 saturated heterocycles. The fourth-order valence-electron chi connectivity index (χ4n) is 2.77. The van der Waals surface area contributed by atoms with E-state index in [1.165, 1.54) is 0 Å². The summed E-state index contributed by atoms with van der Waals surface area (Å²) in [5.74, 6) is 0.927. The summed E-state index contributed by atoms with van der Waals surface area (Å²) < 4.78 is 13.4. The van der Waals surface area contributed by atoms with Crippen molar-refractivity contribution < 1.29 is 42.8 Å². The Morgan fingerprint density at radius 2 is 1.73 bits per heavy atom. The first-order chi connectivity index (χ1) is 14.2. The van der Waals surface area contributed by atoms with Crippen LogP contribution in [0.3, 0.4) is 0 Å². The SMILES string of the molecule is CCOc1cc(/C=C/c2cccc[n+]2C)ccc1OCC(=O)Nc1ccccc1.[I-]. The Balaban J connectivity index is 0.00000320. The monoisotopic (exact) mass is 516 g/mol. The molecule has 0 atom stereocenters. The highest BCUT2D eigenvalue weighted by Crippen LogP contribution is 2.29. The number of carbonyl (C=O) groups is 1. The predicted molar refractivity (Wildman–Crippen MR) is 115 cm³/mol. The third kappa shape index (κ3) is 6.88. The smallest absolute Gasteiger partial charge is 0.262 e. The molecule has 0 bridgehead atoms. The van der Waals surface area contributed by atoms with Crippen molar-refractivity contribution in [1.82, 2.24) is 0 Å². The zero-order valence-electron chi connectivity index (χ0n) is 17.0. The molecule has 1 amide bonds. The maximum Gasteiger partial charge on any atom is 0.262 e. The molecule has 1 heterocycles. The second-order valence-corrected chi connectivity index (χ2v) is 6.41. The Morgan fingerprint density at radius 1 is 0.967 bits per heavy atom. The number of para-hydroxylation sites is 1. The van der Waals surface area contributed by atoms with Gasteiger partial charge in [-0.15, -0.1) is 0 Å². The van der Waals surface area contributed by atoms with E-state index in [1.54, 1.807) is 0 Å². The standard InChI is InChI=1S/C24H24N2O3.HI/c1-3-28-23-17-19(12-14-21-11-7-8-16-26(21)2)13-15-22(23)29-18-24(27)25-20-9-5-4-6-10-20;/h4-17H,3,18H2,1-2H3;1H/b14-12+;. The normalized spacial score (nSPS) is 10.3. The fourth-order valence-corrected chi connectivity index (χ4v) is 2.77. The number of halogens is 1. The van der Waals surface area contributed by atoms with Gasteiger partial charge in [-0.3, -0.25) is 4.79 Å². The van der Waals surface area contributed by atoms with Gasteiger partial charge in [-0.05, 0) is 48.9 Å². The number of anilines is 1. The van der Waals surface area contributed by atoms with E-state index in [0.29, 0.717) is 18.1 Å². The Morgan fingerprint density at radius 3 is 2.47 bits per heavy atom. The minimum absolute atomic E-state index is 0. The van der Waals surface area contributed by atoms with Gasteiger partial charge >= 0.3 is 0 Å². The second kappa shape index (κ2) is 12.0.